The molecule has 0 amide bonds. The predicted molar refractivity (Wildman–Crippen MR) is 77.6 cm³/mol. The van der Waals surface area contributed by atoms with Gasteiger partial charge in [0.2, 0.25) is 0 Å². The molecule has 0 aliphatic carbocycles. The highest BCUT2D eigenvalue weighted by Crippen LogP contribution is 2.24. The van der Waals surface area contributed by atoms with Crippen LogP contribution in [0.5, 0.6) is 0 Å². The van der Waals surface area contributed by atoms with Gasteiger partial charge in [-0.2, -0.15) is 17.0 Å². The first-order chi connectivity index (χ1) is 9.20. The predicted octanol–water partition coefficient (Wildman–Crippen LogP) is 4.78. The van der Waals surface area contributed by atoms with Gasteiger partial charge in [0.25, 0.3) is 0 Å². The molecule has 1 nitrogen and oxygen atoms in total. The van der Waals surface area contributed by atoms with Crippen molar-refractivity contribution in [3.63, 3.8) is 0 Å². The molecule has 0 radical (unpaired) electrons. The van der Waals surface area contributed by atoms with Gasteiger partial charge >= 0.3 is 0 Å². The van der Waals surface area contributed by atoms with E-state index in [9.17, 15) is 4.39 Å². The van der Waals surface area contributed by atoms with Gasteiger partial charge in [0, 0.05) is 16.5 Å². The van der Waals surface area contributed by atoms with E-state index in [-0.39, 0.29) is 5.82 Å². The fraction of sp³-hybridized carbons (Fsp3) is 0.133. The highest BCUT2D eigenvalue weighted by molar-refractivity contribution is 7.97. The molecular formula is C15H11ClFNS. The summed E-state index contributed by atoms with van der Waals surface area (Å²) in [6.07, 6.45) is 0. The lowest BCUT2D eigenvalue weighted by molar-refractivity contribution is 0.626. The van der Waals surface area contributed by atoms with E-state index < -0.39 is 0 Å². The number of nitriles is 1. The van der Waals surface area contributed by atoms with Crippen molar-refractivity contribution in [1.29, 1.82) is 5.26 Å². The number of benzene rings is 2. The van der Waals surface area contributed by atoms with Crippen LogP contribution in [0.4, 0.5) is 4.39 Å². The number of hydrogen-bond acceptors (Lipinski definition) is 2. The number of thioether (sulfide) groups is 1. The molecule has 4 heteroatoms. The van der Waals surface area contributed by atoms with E-state index in [1.807, 2.05) is 24.3 Å². The zero-order valence-electron chi connectivity index (χ0n) is 10.1. The number of halogens is 2. The zero-order valence-corrected chi connectivity index (χ0v) is 11.6. The summed E-state index contributed by atoms with van der Waals surface area (Å²) in [6.45, 7) is 0. The second-order valence-electron chi connectivity index (χ2n) is 4.00. The minimum Gasteiger partial charge on any atom is -0.207 e. The fourth-order valence-electron chi connectivity index (χ4n) is 1.68. The van der Waals surface area contributed by atoms with Crippen LogP contribution in [0.2, 0.25) is 5.02 Å². The first kappa shape index (κ1) is 13.9. The van der Waals surface area contributed by atoms with Crippen LogP contribution in [0, 0.1) is 17.1 Å². The Bertz CT molecular complexity index is 622. The fourth-order valence-corrected chi connectivity index (χ4v) is 2.99. The van der Waals surface area contributed by atoms with Crippen LogP contribution in [-0.4, -0.2) is 0 Å². The third-order valence-electron chi connectivity index (χ3n) is 2.66. The number of nitrogens with zero attached hydrogens (tertiary/aromatic N) is 1. The quantitative estimate of drug-likeness (QED) is 0.809. The minimum atomic E-state index is -0.313. The van der Waals surface area contributed by atoms with Gasteiger partial charge in [0.05, 0.1) is 11.6 Å². The molecular weight excluding hydrogens is 281 g/mol. The molecule has 0 unspecified atom stereocenters. The molecule has 0 aromatic heterocycles. The monoisotopic (exact) mass is 291 g/mol. The molecule has 0 aliphatic heterocycles. The Hall–Kier alpha value is -1.50. The summed E-state index contributed by atoms with van der Waals surface area (Å²) in [5.74, 6) is 1.01. The van der Waals surface area contributed by atoms with Crippen LogP contribution < -0.4 is 0 Å². The van der Waals surface area contributed by atoms with Gasteiger partial charge in [-0.1, -0.05) is 29.8 Å². The van der Waals surface area contributed by atoms with Gasteiger partial charge in [-0.25, -0.2) is 4.39 Å². The summed E-state index contributed by atoms with van der Waals surface area (Å²) >= 11 is 7.67. The molecule has 0 aliphatic rings. The van der Waals surface area contributed by atoms with Crippen molar-refractivity contribution in [3.05, 3.63) is 70.0 Å². The summed E-state index contributed by atoms with van der Waals surface area (Å²) in [7, 11) is 0. The van der Waals surface area contributed by atoms with Crippen LogP contribution >= 0.6 is 23.4 Å². The Balaban J connectivity index is 2.02. The largest absolute Gasteiger partial charge is 0.207 e. The summed E-state index contributed by atoms with van der Waals surface area (Å²) in [4.78, 5) is 0. The normalized spacial score (nSPS) is 10.2. The average Bonchev–Trinajstić information content (AvgIpc) is 2.41. The SMILES string of the molecule is N#Cc1ccc(F)cc1CSCc1ccccc1Cl. The van der Waals surface area contributed by atoms with E-state index in [1.54, 1.807) is 11.8 Å². The smallest absolute Gasteiger partial charge is 0.123 e. The second-order valence-corrected chi connectivity index (χ2v) is 5.39. The third-order valence-corrected chi connectivity index (χ3v) is 4.06. The molecule has 0 spiro atoms. The lowest BCUT2D eigenvalue weighted by Crippen LogP contribution is -1.90. The summed E-state index contributed by atoms with van der Waals surface area (Å²) in [6, 6.07) is 13.9. The van der Waals surface area contributed by atoms with Crippen molar-refractivity contribution in [3.8, 4) is 6.07 Å². The van der Waals surface area contributed by atoms with Gasteiger partial charge < -0.3 is 0 Å². The molecule has 2 aromatic carbocycles. The van der Waals surface area contributed by atoms with Crippen molar-refractivity contribution >= 4 is 23.4 Å². The Labute approximate surface area is 121 Å². The molecule has 0 saturated carbocycles. The van der Waals surface area contributed by atoms with E-state index in [0.29, 0.717) is 11.3 Å². The van der Waals surface area contributed by atoms with Gasteiger partial charge in [-0.05, 0) is 35.4 Å². The van der Waals surface area contributed by atoms with Gasteiger partial charge in [-0.3, -0.25) is 0 Å². The van der Waals surface area contributed by atoms with Crippen LogP contribution in [0.1, 0.15) is 16.7 Å². The first-order valence-electron chi connectivity index (χ1n) is 5.70. The third kappa shape index (κ3) is 3.73. The van der Waals surface area contributed by atoms with Crippen molar-refractivity contribution in [2.45, 2.75) is 11.5 Å². The summed E-state index contributed by atoms with van der Waals surface area (Å²) < 4.78 is 13.2. The van der Waals surface area contributed by atoms with E-state index >= 15 is 0 Å². The number of hydrogen-bond donors (Lipinski definition) is 0. The maximum atomic E-state index is 13.2. The molecule has 0 bridgehead atoms. The zero-order chi connectivity index (χ0) is 13.7. The maximum absolute atomic E-state index is 13.2. The Kier molecular flexibility index (Phi) is 4.84. The summed E-state index contributed by atoms with van der Waals surface area (Å²) in [5.41, 5.74) is 2.29. The molecule has 2 aromatic rings. The highest BCUT2D eigenvalue weighted by atomic mass is 35.5. The van der Waals surface area contributed by atoms with Crippen molar-refractivity contribution < 1.29 is 4.39 Å². The van der Waals surface area contributed by atoms with Crippen LogP contribution in [0.25, 0.3) is 0 Å². The topological polar surface area (TPSA) is 23.8 Å². The molecule has 0 heterocycles. The Morgan fingerprint density at radius 3 is 2.58 bits per heavy atom. The number of rotatable bonds is 4. The van der Waals surface area contributed by atoms with Gasteiger partial charge in [0.1, 0.15) is 5.82 Å². The van der Waals surface area contributed by atoms with E-state index in [0.717, 1.165) is 21.9 Å². The van der Waals surface area contributed by atoms with Gasteiger partial charge in [0.15, 0.2) is 0 Å². The molecule has 0 fully saturated rings. The molecule has 2 rings (SSSR count). The maximum Gasteiger partial charge on any atom is 0.123 e. The summed E-state index contributed by atoms with van der Waals surface area (Å²) in [5, 5.41) is 9.70. The lowest BCUT2D eigenvalue weighted by atomic mass is 10.1. The van der Waals surface area contributed by atoms with Gasteiger partial charge in [-0.15, -0.1) is 0 Å². The standard InChI is InChI=1S/C15H11ClFNS/c16-15-4-2-1-3-12(15)9-19-10-13-7-14(17)6-5-11(13)8-18/h1-7H,9-10H2. The molecule has 0 N–H and O–H groups in total. The van der Waals surface area contributed by atoms with Crippen LogP contribution in [-0.2, 0) is 11.5 Å². The second kappa shape index (κ2) is 6.60. The average molecular weight is 292 g/mol. The molecule has 19 heavy (non-hydrogen) atoms. The van der Waals surface area contributed by atoms with E-state index in [2.05, 4.69) is 6.07 Å². The Morgan fingerprint density at radius 2 is 1.84 bits per heavy atom. The van der Waals surface area contributed by atoms with Crippen molar-refractivity contribution in [1.82, 2.24) is 0 Å². The Morgan fingerprint density at radius 1 is 1.11 bits per heavy atom. The van der Waals surface area contributed by atoms with Crippen LogP contribution in [0.15, 0.2) is 42.5 Å². The van der Waals surface area contributed by atoms with Crippen LogP contribution in [0.3, 0.4) is 0 Å². The highest BCUT2D eigenvalue weighted by Gasteiger charge is 2.05. The van der Waals surface area contributed by atoms with E-state index in [4.69, 9.17) is 16.9 Å². The molecule has 96 valence electrons. The minimum absolute atomic E-state index is 0.313. The lowest BCUT2D eigenvalue weighted by Gasteiger charge is -2.06. The molecule has 0 atom stereocenters. The van der Waals surface area contributed by atoms with E-state index in [1.165, 1.54) is 18.2 Å². The first-order valence-corrected chi connectivity index (χ1v) is 7.23. The molecule has 0 saturated heterocycles. The van der Waals surface area contributed by atoms with Crippen molar-refractivity contribution in [2.24, 2.45) is 0 Å². The van der Waals surface area contributed by atoms with Crippen molar-refractivity contribution in [2.75, 3.05) is 0 Å².